The van der Waals surface area contributed by atoms with Crippen LogP contribution in [0.3, 0.4) is 0 Å². The summed E-state index contributed by atoms with van der Waals surface area (Å²) < 4.78 is 5.67. The van der Waals surface area contributed by atoms with Crippen molar-refractivity contribution in [3.8, 4) is 17.5 Å². The van der Waals surface area contributed by atoms with E-state index in [4.69, 9.17) is 9.68 Å². The fourth-order valence-electron chi connectivity index (χ4n) is 2.51. The van der Waals surface area contributed by atoms with Crippen molar-refractivity contribution in [1.82, 2.24) is 10.2 Å². The van der Waals surface area contributed by atoms with Crippen molar-refractivity contribution < 1.29 is 9.21 Å². The highest BCUT2D eigenvalue weighted by Gasteiger charge is 2.24. The van der Waals surface area contributed by atoms with Crippen molar-refractivity contribution in [3.63, 3.8) is 0 Å². The first kappa shape index (κ1) is 18.7. The largest absolute Gasteiger partial charge is 0.411 e. The highest BCUT2D eigenvalue weighted by molar-refractivity contribution is 8.00. The van der Waals surface area contributed by atoms with Crippen LogP contribution in [0.15, 0.2) is 70.3 Å². The van der Waals surface area contributed by atoms with Crippen LogP contribution in [0.2, 0.25) is 0 Å². The van der Waals surface area contributed by atoms with E-state index < -0.39 is 5.25 Å². The Bertz CT molecular complexity index is 922. The first-order valence-corrected chi connectivity index (χ1v) is 9.36. The Labute approximate surface area is 161 Å². The molecule has 2 aromatic carbocycles. The Morgan fingerprint density at radius 2 is 1.81 bits per heavy atom. The number of rotatable bonds is 7. The minimum Gasteiger partial charge on any atom is -0.411 e. The lowest BCUT2D eigenvalue weighted by Gasteiger charge is -2.24. The molecule has 0 spiro atoms. The Morgan fingerprint density at radius 1 is 1.15 bits per heavy atom. The number of hydrogen-bond donors (Lipinski definition) is 0. The second kappa shape index (κ2) is 9.01. The van der Waals surface area contributed by atoms with Crippen LogP contribution in [-0.4, -0.2) is 27.9 Å². The van der Waals surface area contributed by atoms with Crippen molar-refractivity contribution in [3.05, 3.63) is 60.7 Å². The Hall–Kier alpha value is -3.11. The molecule has 0 fully saturated rings. The van der Waals surface area contributed by atoms with Crippen LogP contribution in [0.25, 0.3) is 11.5 Å². The Balaban J connectivity index is 1.72. The lowest BCUT2D eigenvalue weighted by atomic mass is 10.2. The number of benzene rings is 2. The van der Waals surface area contributed by atoms with Gasteiger partial charge in [-0.15, -0.1) is 10.2 Å². The van der Waals surface area contributed by atoms with Crippen molar-refractivity contribution in [2.45, 2.75) is 23.8 Å². The van der Waals surface area contributed by atoms with Crippen LogP contribution < -0.4 is 4.90 Å². The summed E-state index contributed by atoms with van der Waals surface area (Å²) in [6.07, 6.45) is 0.261. The number of nitrogens with zero attached hydrogens (tertiary/aromatic N) is 4. The van der Waals surface area contributed by atoms with Gasteiger partial charge in [-0.2, -0.15) is 5.26 Å². The fourth-order valence-corrected chi connectivity index (χ4v) is 3.26. The van der Waals surface area contributed by atoms with Gasteiger partial charge in [0, 0.05) is 17.8 Å². The molecule has 0 aliphatic rings. The van der Waals surface area contributed by atoms with Gasteiger partial charge < -0.3 is 9.32 Å². The maximum atomic E-state index is 12.9. The van der Waals surface area contributed by atoms with E-state index in [9.17, 15) is 4.79 Å². The van der Waals surface area contributed by atoms with Crippen LogP contribution in [0.5, 0.6) is 0 Å². The number of thioether (sulfide) groups is 1. The lowest BCUT2D eigenvalue weighted by molar-refractivity contribution is -0.117. The molecule has 6 nitrogen and oxygen atoms in total. The average Bonchev–Trinajstić information content (AvgIpc) is 3.18. The van der Waals surface area contributed by atoms with Gasteiger partial charge in [0.2, 0.25) is 11.8 Å². The summed E-state index contributed by atoms with van der Waals surface area (Å²) in [6.45, 7) is 2.13. The number of para-hydroxylation sites is 1. The van der Waals surface area contributed by atoms with Crippen molar-refractivity contribution >= 4 is 23.4 Å². The molecule has 27 heavy (non-hydrogen) atoms. The summed E-state index contributed by atoms with van der Waals surface area (Å²) in [4.78, 5) is 14.6. The first-order chi connectivity index (χ1) is 13.2. The summed E-state index contributed by atoms with van der Waals surface area (Å²) in [6, 6.07) is 20.9. The second-order valence-electron chi connectivity index (χ2n) is 5.73. The molecule has 1 aromatic heterocycles. The predicted octanol–water partition coefficient (Wildman–Crippen LogP) is 4.16. The summed E-state index contributed by atoms with van der Waals surface area (Å²) in [7, 11) is 0. The van der Waals surface area contributed by atoms with E-state index in [0.717, 1.165) is 11.3 Å². The smallest absolute Gasteiger partial charge is 0.277 e. The molecular weight excluding hydrogens is 360 g/mol. The predicted molar refractivity (Wildman–Crippen MR) is 104 cm³/mol. The number of carbonyl (C=O) groups excluding carboxylic acids is 1. The molecule has 0 aliphatic heterocycles. The van der Waals surface area contributed by atoms with E-state index in [-0.39, 0.29) is 12.3 Å². The molecule has 0 bridgehead atoms. The minimum atomic E-state index is -0.437. The van der Waals surface area contributed by atoms with E-state index in [1.165, 1.54) is 11.8 Å². The SMILES string of the molecule is C[C@H](Sc1nnc(-c2ccccc2)o1)C(=O)N(CCC#N)c1ccccc1. The van der Waals surface area contributed by atoms with E-state index in [1.807, 2.05) is 60.7 Å². The van der Waals surface area contributed by atoms with Crippen LogP contribution in [-0.2, 0) is 4.79 Å². The average molecular weight is 378 g/mol. The molecule has 3 aromatic rings. The Morgan fingerprint density at radius 3 is 2.48 bits per heavy atom. The van der Waals surface area contributed by atoms with Crippen molar-refractivity contribution in [2.75, 3.05) is 11.4 Å². The molecule has 1 amide bonds. The third-order valence-electron chi connectivity index (χ3n) is 3.83. The summed E-state index contributed by atoms with van der Waals surface area (Å²) >= 11 is 1.21. The first-order valence-electron chi connectivity index (χ1n) is 8.48. The summed E-state index contributed by atoms with van der Waals surface area (Å²) in [5.74, 6) is 0.308. The normalized spacial score (nSPS) is 11.6. The number of anilines is 1. The molecule has 0 aliphatic carbocycles. The van der Waals surface area contributed by atoms with Crippen molar-refractivity contribution in [2.24, 2.45) is 0 Å². The number of aromatic nitrogens is 2. The standard InChI is InChI=1S/C20H18N4O2S/c1-15(19(25)24(14-8-13-21)17-11-6-3-7-12-17)27-20-23-22-18(26-20)16-9-4-2-5-10-16/h2-7,9-12,15H,8,14H2,1H3/t15-/m0/s1. The second-order valence-corrected chi connectivity index (χ2v) is 7.02. The molecule has 0 unspecified atom stereocenters. The molecule has 1 atom stereocenters. The summed E-state index contributed by atoms with van der Waals surface area (Å²) in [5.41, 5.74) is 1.59. The molecule has 136 valence electrons. The van der Waals surface area contributed by atoms with Crippen LogP contribution in [0.4, 0.5) is 5.69 Å². The number of carbonyl (C=O) groups is 1. The van der Waals surface area contributed by atoms with E-state index in [2.05, 4.69) is 16.3 Å². The van der Waals surface area contributed by atoms with E-state index >= 15 is 0 Å². The molecule has 7 heteroatoms. The van der Waals surface area contributed by atoms with Gasteiger partial charge in [-0.05, 0) is 31.2 Å². The summed E-state index contributed by atoms with van der Waals surface area (Å²) in [5, 5.41) is 16.9. The van der Waals surface area contributed by atoms with Gasteiger partial charge in [0.1, 0.15) is 0 Å². The zero-order valence-corrected chi connectivity index (χ0v) is 15.6. The van der Waals surface area contributed by atoms with Gasteiger partial charge in [-0.1, -0.05) is 48.2 Å². The van der Waals surface area contributed by atoms with E-state index in [1.54, 1.807) is 11.8 Å². The number of hydrogen-bond acceptors (Lipinski definition) is 6. The molecule has 0 saturated heterocycles. The molecule has 0 saturated carbocycles. The van der Waals surface area contributed by atoms with Crippen LogP contribution >= 0.6 is 11.8 Å². The van der Waals surface area contributed by atoms with Gasteiger partial charge in [-0.3, -0.25) is 4.79 Å². The van der Waals surface area contributed by atoms with Crippen molar-refractivity contribution in [1.29, 1.82) is 5.26 Å². The fraction of sp³-hybridized carbons (Fsp3) is 0.200. The third kappa shape index (κ3) is 4.74. The molecular formula is C20H18N4O2S. The number of nitriles is 1. The van der Waals surface area contributed by atoms with Crippen LogP contribution in [0, 0.1) is 11.3 Å². The minimum absolute atomic E-state index is 0.110. The molecule has 0 N–H and O–H groups in total. The van der Waals surface area contributed by atoms with Gasteiger partial charge in [0.25, 0.3) is 5.22 Å². The van der Waals surface area contributed by atoms with Gasteiger partial charge in [-0.25, -0.2) is 0 Å². The monoisotopic (exact) mass is 378 g/mol. The van der Waals surface area contributed by atoms with Gasteiger partial charge in [0.15, 0.2) is 0 Å². The van der Waals surface area contributed by atoms with E-state index in [0.29, 0.717) is 17.7 Å². The van der Waals surface area contributed by atoms with Crippen LogP contribution in [0.1, 0.15) is 13.3 Å². The maximum Gasteiger partial charge on any atom is 0.277 e. The number of amides is 1. The zero-order chi connectivity index (χ0) is 19.1. The molecule has 1 heterocycles. The highest BCUT2D eigenvalue weighted by atomic mass is 32.2. The molecule has 3 rings (SSSR count). The zero-order valence-electron chi connectivity index (χ0n) is 14.8. The quantitative estimate of drug-likeness (QED) is 0.574. The highest BCUT2D eigenvalue weighted by Crippen LogP contribution is 2.28. The topological polar surface area (TPSA) is 83.0 Å². The third-order valence-corrected chi connectivity index (χ3v) is 4.76. The van der Waals surface area contributed by atoms with Gasteiger partial charge in [0.05, 0.1) is 17.7 Å². The Kier molecular flexibility index (Phi) is 6.23. The van der Waals surface area contributed by atoms with Gasteiger partial charge >= 0.3 is 0 Å². The molecule has 0 radical (unpaired) electrons. The lowest BCUT2D eigenvalue weighted by Crippen LogP contribution is -2.37. The maximum absolute atomic E-state index is 12.9.